The molecule has 354 valence electrons. The third-order valence-electron chi connectivity index (χ3n) is 9.08. The van der Waals surface area contributed by atoms with E-state index in [0.29, 0.717) is 6.42 Å². The van der Waals surface area contributed by atoms with Gasteiger partial charge in [-0.15, -0.1) is 0 Å². The summed E-state index contributed by atoms with van der Waals surface area (Å²) in [5.74, 6) is -1.30. The molecule has 0 aromatic rings. The van der Waals surface area contributed by atoms with Crippen LogP contribution in [-0.2, 0) is 32.7 Å². The zero-order valence-corrected chi connectivity index (χ0v) is 38.3. The standard InChI is InChI=1S/C48H79O13P/c1-3-5-7-8-9-10-11-12-13-14-15-16-17-18-19-20-21-26-30-36-48(55)61-44(41-60-62(56,57)59-39-43(51)38-49)40-58-47(54)37-31-35-46(53)45(52)34-29-25-23-22-24-28-33-42(50)32-27-6-4-2/h9-10,12-13,15-16,18-19,22-25,28-29,33-34,42-46,49-53H,3-8,11,14,17,20-21,26-27,30-32,35-41H2,1-2H3,(H,56,57)/b10-9-,13-12-,16-15-,19-18-,24-22-,25-23+,33-28+,34-29+/t42-,43+,44-,45-,46-/m1/s1. The summed E-state index contributed by atoms with van der Waals surface area (Å²) in [6.45, 7) is 1.80. The van der Waals surface area contributed by atoms with Crippen molar-refractivity contribution in [3.05, 3.63) is 97.2 Å². The molecule has 0 spiro atoms. The molecule has 0 saturated heterocycles. The van der Waals surface area contributed by atoms with Crippen LogP contribution in [0.4, 0.5) is 0 Å². The second kappa shape index (κ2) is 41.8. The zero-order chi connectivity index (χ0) is 45.9. The number of hydrogen-bond donors (Lipinski definition) is 6. The molecule has 62 heavy (non-hydrogen) atoms. The highest BCUT2D eigenvalue weighted by atomic mass is 31.2. The minimum atomic E-state index is -4.72. The number of carbonyl (C=O) groups excluding carboxylic acids is 2. The van der Waals surface area contributed by atoms with E-state index >= 15 is 0 Å². The molecule has 13 nitrogen and oxygen atoms in total. The molecule has 0 aromatic carbocycles. The first-order valence-electron chi connectivity index (χ1n) is 22.5. The summed E-state index contributed by atoms with van der Waals surface area (Å²) >= 11 is 0. The summed E-state index contributed by atoms with van der Waals surface area (Å²) < 4.78 is 32.5. The molecule has 0 amide bonds. The molecule has 1 unspecified atom stereocenters. The first-order valence-corrected chi connectivity index (χ1v) is 24.0. The van der Waals surface area contributed by atoms with Gasteiger partial charge in [-0.25, -0.2) is 4.57 Å². The maximum absolute atomic E-state index is 12.6. The van der Waals surface area contributed by atoms with E-state index < -0.39 is 76.7 Å². The van der Waals surface area contributed by atoms with Gasteiger partial charge in [0.2, 0.25) is 0 Å². The number of aliphatic hydroxyl groups excluding tert-OH is 5. The summed E-state index contributed by atoms with van der Waals surface area (Å²) in [6, 6.07) is 0. The van der Waals surface area contributed by atoms with Crippen molar-refractivity contribution < 1.29 is 63.1 Å². The number of esters is 2. The fraction of sp³-hybridized carbons (Fsp3) is 0.625. The number of phosphoric ester groups is 1. The Balaban J connectivity index is 4.67. The molecule has 0 aliphatic carbocycles. The van der Waals surface area contributed by atoms with Gasteiger partial charge in [-0.05, 0) is 70.6 Å². The topological polar surface area (TPSA) is 210 Å². The molecule has 0 aliphatic rings. The van der Waals surface area contributed by atoms with Gasteiger partial charge in [0.15, 0.2) is 6.10 Å². The van der Waals surface area contributed by atoms with E-state index in [9.17, 15) is 39.5 Å². The van der Waals surface area contributed by atoms with Crippen molar-refractivity contribution in [2.45, 2.75) is 166 Å². The Morgan fingerprint density at radius 1 is 0.581 bits per heavy atom. The first-order chi connectivity index (χ1) is 29.9. The molecule has 6 N–H and O–H groups in total. The van der Waals surface area contributed by atoms with Gasteiger partial charge >= 0.3 is 19.8 Å². The number of phosphoric acid groups is 1. The first kappa shape index (κ1) is 58.8. The highest BCUT2D eigenvalue weighted by Gasteiger charge is 2.27. The lowest BCUT2D eigenvalue weighted by molar-refractivity contribution is -0.161. The van der Waals surface area contributed by atoms with E-state index in [1.807, 2.05) is 0 Å². The highest BCUT2D eigenvalue weighted by Crippen LogP contribution is 2.43. The molecule has 0 aromatic heterocycles. The fourth-order valence-corrected chi connectivity index (χ4v) is 6.21. The fourth-order valence-electron chi connectivity index (χ4n) is 5.42. The summed E-state index contributed by atoms with van der Waals surface area (Å²) in [6.07, 6.45) is 40.2. The number of allylic oxidation sites excluding steroid dienone is 14. The molecule has 14 heteroatoms. The number of hydrogen-bond acceptors (Lipinski definition) is 12. The Morgan fingerprint density at radius 3 is 1.73 bits per heavy atom. The number of unbranched alkanes of at least 4 members (excludes halogenated alkanes) is 8. The third-order valence-corrected chi connectivity index (χ3v) is 10.0. The van der Waals surface area contributed by atoms with E-state index in [-0.39, 0.29) is 25.7 Å². The van der Waals surface area contributed by atoms with Gasteiger partial charge in [-0.1, -0.05) is 150 Å². The Labute approximate surface area is 371 Å². The number of rotatable bonds is 40. The quantitative estimate of drug-likeness (QED) is 0.0112. The average Bonchev–Trinajstić information content (AvgIpc) is 3.25. The Hall–Kier alpha value is -3.23. The SMILES string of the molecule is CCCCC/C=C\C/C=C\C/C=C\C/C=C\CCCCCC(=O)O[C@H](COC(=O)CCC[C@@H](O)[C@H](O)/C=C/C=C/C=C\C=C\[C@H](O)CCCCC)COP(=O)(O)OC[C@@H](O)CO. The molecule has 0 saturated carbocycles. The van der Waals surface area contributed by atoms with Gasteiger partial charge in [-0.3, -0.25) is 18.6 Å². The van der Waals surface area contributed by atoms with Crippen molar-refractivity contribution in [3.63, 3.8) is 0 Å². The normalized spacial score (nSPS) is 16.2. The van der Waals surface area contributed by atoms with E-state index in [1.54, 1.807) is 42.5 Å². The smallest absolute Gasteiger partial charge is 0.462 e. The highest BCUT2D eigenvalue weighted by molar-refractivity contribution is 7.47. The van der Waals surface area contributed by atoms with Crippen LogP contribution in [0, 0.1) is 0 Å². The van der Waals surface area contributed by atoms with Gasteiger partial charge < -0.3 is 39.9 Å². The molecular formula is C48H79O13P. The molecule has 0 fully saturated rings. The van der Waals surface area contributed by atoms with Crippen LogP contribution in [0.3, 0.4) is 0 Å². The zero-order valence-electron chi connectivity index (χ0n) is 37.4. The van der Waals surface area contributed by atoms with Gasteiger partial charge in [0.25, 0.3) is 0 Å². The molecule has 0 rings (SSSR count). The second-order valence-corrected chi connectivity index (χ2v) is 16.4. The van der Waals surface area contributed by atoms with Crippen LogP contribution in [-0.4, -0.2) is 99.3 Å². The van der Waals surface area contributed by atoms with Crippen molar-refractivity contribution in [1.29, 1.82) is 0 Å². The molecule has 0 bridgehead atoms. The van der Waals surface area contributed by atoms with Crippen molar-refractivity contribution in [2.24, 2.45) is 0 Å². The summed E-state index contributed by atoms with van der Waals surface area (Å²) in [7, 11) is -4.72. The molecule has 0 aliphatic heterocycles. The molecule has 6 atom stereocenters. The van der Waals surface area contributed by atoms with Crippen molar-refractivity contribution in [3.8, 4) is 0 Å². The van der Waals surface area contributed by atoms with E-state index in [0.717, 1.165) is 70.6 Å². The monoisotopic (exact) mass is 895 g/mol. The lowest BCUT2D eigenvalue weighted by atomic mass is 10.1. The van der Waals surface area contributed by atoms with Crippen LogP contribution in [0.25, 0.3) is 0 Å². The van der Waals surface area contributed by atoms with E-state index in [1.165, 1.54) is 25.3 Å². The summed E-state index contributed by atoms with van der Waals surface area (Å²) in [5, 5.41) is 48.8. The largest absolute Gasteiger partial charge is 0.472 e. The van der Waals surface area contributed by atoms with Crippen molar-refractivity contribution in [1.82, 2.24) is 0 Å². The molecule has 0 heterocycles. The van der Waals surface area contributed by atoms with Crippen LogP contribution in [0.1, 0.15) is 136 Å². The summed E-state index contributed by atoms with van der Waals surface area (Å²) in [4.78, 5) is 35.1. The van der Waals surface area contributed by atoms with Gasteiger partial charge in [0.1, 0.15) is 12.7 Å². The van der Waals surface area contributed by atoms with Crippen LogP contribution in [0.15, 0.2) is 97.2 Å². The minimum Gasteiger partial charge on any atom is -0.462 e. The second-order valence-electron chi connectivity index (χ2n) is 14.9. The summed E-state index contributed by atoms with van der Waals surface area (Å²) in [5.41, 5.74) is 0. The Kier molecular flexibility index (Phi) is 39.6. The maximum Gasteiger partial charge on any atom is 0.472 e. The van der Waals surface area contributed by atoms with Crippen molar-refractivity contribution in [2.75, 3.05) is 26.4 Å². The number of carbonyl (C=O) groups is 2. The van der Waals surface area contributed by atoms with Crippen LogP contribution in [0.2, 0.25) is 0 Å². The van der Waals surface area contributed by atoms with E-state index in [2.05, 4.69) is 67.0 Å². The van der Waals surface area contributed by atoms with E-state index in [4.69, 9.17) is 19.1 Å². The van der Waals surface area contributed by atoms with Crippen LogP contribution in [0.5, 0.6) is 0 Å². The van der Waals surface area contributed by atoms with Crippen LogP contribution >= 0.6 is 7.82 Å². The Morgan fingerprint density at radius 2 is 1.11 bits per heavy atom. The minimum absolute atomic E-state index is 0.0673. The number of ether oxygens (including phenoxy) is 2. The Bertz CT molecular complexity index is 1400. The lowest BCUT2D eigenvalue weighted by Crippen LogP contribution is -2.30. The maximum atomic E-state index is 12.6. The van der Waals surface area contributed by atoms with Crippen LogP contribution < -0.4 is 0 Å². The average molecular weight is 895 g/mol. The predicted octanol–water partition coefficient (Wildman–Crippen LogP) is 8.91. The van der Waals surface area contributed by atoms with Gasteiger partial charge in [0, 0.05) is 12.8 Å². The molecule has 0 radical (unpaired) electrons. The molecular weight excluding hydrogens is 815 g/mol. The van der Waals surface area contributed by atoms with Crippen molar-refractivity contribution >= 4 is 19.8 Å². The van der Waals surface area contributed by atoms with Gasteiger partial charge in [-0.2, -0.15) is 0 Å². The third kappa shape index (κ3) is 39.6. The predicted molar refractivity (Wildman–Crippen MR) is 246 cm³/mol. The number of aliphatic hydroxyl groups is 5. The van der Waals surface area contributed by atoms with Gasteiger partial charge in [0.05, 0.1) is 38.1 Å². The lowest BCUT2D eigenvalue weighted by Gasteiger charge is -2.20.